The molecular weight excluding hydrogens is 176 g/mol. The molecule has 0 aromatic heterocycles. The predicted octanol–water partition coefficient (Wildman–Crippen LogP) is 0.831. The number of likely N-dealkylation sites (N-methyl/N-ethyl adjacent to an activating group) is 1. The Labute approximate surface area is 87.5 Å². The molecule has 3 nitrogen and oxygen atoms in total. The van der Waals surface area contributed by atoms with Crippen LogP contribution in [0, 0.1) is 0 Å². The van der Waals surface area contributed by atoms with Crippen molar-refractivity contribution in [2.45, 2.75) is 44.7 Å². The van der Waals surface area contributed by atoms with Gasteiger partial charge >= 0.3 is 0 Å². The fraction of sp³-hybridized carbons (Fsp3) is 1.00. The van der Waals surface area contributed by atoms with Gasteiger partial charge in [0.05, 0.1) is 0 Å². The van der Waals surface area contributed by atoms with Crippen molar-refractivity contribution in [2.24, 2.45) is 0 Å². The molecule has 0 radical (unpaired) electrons. The normalized spacial score (nSPS) is 25.5. The molecule has 2 N–H and O–H groups in total. The van der Waals surface area contributed by atoms with Crippen molar-refractivity contribution in [3.8, 4) is 0 Å². The molecule has 0 aromatic rings. The summed E-state index contributed by atoms with van der Waals surface area (Å²) in [6, 6.07) is 1.23. The molecule has 0 saturated carbocycles. The van der Waals surface area contributed by atoms with Crippen LogP contribution in [0.4, 0.5) is 0 Å². The molecule has 1 rings (SSSR count). The van der Waals surface area contributed by atoms with Crippen LogP contribution in [0.5, 0.6) is 0 Å². The average molecular weight is 200 g/mol. The molecule has 1 fully saturated rings. The third-order valence-corrected chi connectivity index (χ3v) is 3.31. The zero-order chi connectivity index (χ0) is 10.4. The Kier molecular flexibility index (Phi) is 5.45. The second-order valence-corrected chi connectivity index (χ2v) is 4.20. The highest BCUT2D eigenvalue weighted by atomic mass is 16.3. The van der Waals surface area contributed by atoms with Crippen LogP contribution in [0.2, 0.25) is 0 Å². The smallest absolute Gasteiger partial charge is 0.0446 e. The van der Waals surface area contributed by atoms with E-state index in [-0.39, 0.29) is 6.61 Å². The van der Waals surface area contributed by atoms with Gasteiger partial charge in [0.15, 0.2) is 0 Å². The lowest BCUT2D eigenvalue weighted by molar-refractivity contribution is 0.198. The molecular formula is C11H24N2O. The largest absolute Gasteiger partial charge is 0.396 e. The second-order valence-electron chi connectivity index (χ2n) is 4.20. The van der Waals surface area contributed by atoms with Crippen LogP contribution in [-0.2, 0) is 0 Å². The summed E-state index contributed by atoms with van der Waals surface area (Å²) in [5.41, 5.74) is 0. The Hall–Kier alpha value is -0.120. The maximum absolute atomic E-state index is 8.91. The first-order valence-electron chi connectivity index (χ1n) is 5.84. The molecule has 2 unspecified atom stereocenters. The van der Waals surface area contributed by atoms with Crippen LogP contribution < -0.4 is 5.32 Å². The molecule has 1 aliphatic rings. The first kappa shape index (κ1) is 12.0. The van der Waals surface area contributed by atoms with Crippen LogP contribution in [0.15, 0.2) is 0 Å². The van der Waals surface area contributed by atoms with Gasteiger partial charge in [-0.25, -0.2) is 0 Å². The Morgan fingerprint density at radius 2 is 2.36 bits per heavy atom. The quantitative estimate of drug-likeness (QED) is 0.667. The summed E-state index contributed by atoms with van der Waals surface area (Å²) in [5.74, 6) is 0. The summed E-state index contributed by atoms with van der Waals surface area (Å²) in [4.78, 5) is 2.57. The van der Waals surface area contributed by atoms with Crippen molar-refractivity contribution in [3.63, 3.8) is 0 Å². The third-order valence-electron chi connectivity index (χ3n) is 3.31. The zero-order valence-electron chi connectivity index (χ0n) is 9.50. The minimum absolute atomic E-state index is 0.288. The highest BCUT2D eigenvalue weighted by Crippen LogP contribution is 2.19. The molecule has 1 heterocycles. The topological polar surface area (TPSA) is 35.5 Å². The van der Waals surface area contributed by atoms with E-state index in [0.29, 0.717) is 6.04 Å². The van der Waals surface area contributed by atoms with Crippen molar-refractivity contribution in [1.29, 1.82) is 0 Å². The van der Waals surface area contributed by atoms with Gasteiger partial charge in [-0.05, 0) is 39.3 Å². The molecule has 0 aliphatic carbocycles. The number of nitrogens with zero attached hydrogens (tertiary/aromatic N) is 1. The number of aliphatic hydroxyl groups excluding tert-OH is 1. The Morgan fingerprint density at radius 1 is 1.57 bits per heavy atom. The number of rotatable bonds is 6. The minimum Gasteiger partial charge on any atom is -0.396 e. The van der Waals surface area contributed by atoms with E-state index in [1.54, 1.807) is 0 Å². The summed E-state index contributed by atoms with van der Waals surface area (Å²) in [7, 11) is 1.98. The van der Waals surface area contributed by atoms with Crippen LogP contribution in [-0.4, -0.2) is 48.8 Å². The van der Waals surface area contributed by atoms with Gasteiger partial charge in [-0.2, -0.15) is 0 Å². The maximum atomic E-state index is 8.91. The van der Waals surface area contributed by atoms with E-state index in [1.807, 2.05) is 7.05 Å². The summed E-state index contributed by atoms with van der Waals surface area (Å²) in [6.07, 6.45) is 4.82. The van der Waals surface area contributed by atoms with Gasteiger partial charge in [-0.15, -0.1) is 0 Å². The van der Waals surface area contributed by atoms with Gasteiger partial charge in [-0.1, -0.05) is 6.92 Å². The van der Waals surface area contributed by atoms with Gasteiger partial charge in [0.2, 0.25) is 0 Å². The van der Waals surface area contributed by atoms with Crippen LogP contribution >= 0.6 is 0 Å². The van der Waals surface area contributed by atoms with Crippen molar-refractivity contribution >= 4 is 0 Å². The maximum Gasteiger partial charge on any atom is 0.0446 e. The number of aliphatic hydroxyl groups is 1. The number of hydrogen-bond donors (Lipinski definition) is 2. The number of hydrogen-bond acceptors (Lipinski definition) is 3. The van der Waals surface area contributed by atoms with Gasteiger partial charge < -0.3 is 10.4 Å². The first-order chi connectivity index (χ1) is 6.81. The SMILES string of the molecule is CCC1CCCN1CC(CCO)NC. The Balaban J connectivity index is 2.32. The van der Waals surface area contributed by atoms with Crippen LogP contribution in [0.3, 0.4) is 0 Å². The monoisotopic (exact) mass is 200 g/mol. The fourth-order valence-corrected chi connectivity index (χ4v) is 2.36. The summed E-state index contributed by atoms with van der Waals surface area (Å²) < 4.78 is 0. The fourth-order valence-electron chi connectivity index (χ4n) is 2.36. The van der Waals surface area contributed by atoms with E-state index in [2.05, 4.69) is 17.1 Å². The van der Waals surface area contributed by atoms with E-state index in [0.717, 1.165) is 19.0 Å². The molecule has 0 spiro atoms. The lowest BCUT2D eigenvalue weighted by atomic mass is 10.1. The highest BCUT2D eigenvalue weighted by Gasteiger charge is 2.24. The first-order valence-corrected chi connectivity index (χ1v) is 5.84. The molecule has 0 bridgehead atoms. The summed E-state index contributed by atoms with van der Waals surface area (Å²) >= 11 is 0. The van der Waals surface area contributed by atoms with Crippen LogP contribution in [0.1, 0.15) is 32.6 Å². The van der Waals surface area contributed by atoms with E-state index < -0.39 is 0 Å². The Morgan fingerprint density at radius 3 is 2.93 bits per heavy atom. The van der Waals surface area contributed by atoms with Gasteiger partial charge in [-0.3, -0.25) is 4.90 Å². The molecule has 3 heteroatoms. The molecule has 0 aromatic carbocycles. The van der Waals surface area contributed by atoms with Gasteiger partial charge in [0, 0.05) is 25.2 Å². The van der Waals surface area contributed by atoms with E-state index in [4.69, 9.17) is 5.11 Å². The van der Waals surface area contributed by atoms with Crippen molar-refractivity contribution in [2.75, 3.05) is 26.7 Å². The molecule has 1 aliphatic heterocycles. The van der Waals surface area contributed by atoms with Gasteiger partial charge in [0.1, 0.15) is 0 Å². The molecule has 2 atom stereocenters. The van der Waals surface area contributed by atoms with Crippen molar-refractivity contribution < 1.29 is 5.11 Å². The average Bonchev–Trinajstić information content (AvgIpc) is 2.64. The minimum atomic E-state index is 0.288. The van der Waals surface area contributed by atoms with Crippen molar-refractivity contribution in [1.82, 2.24) is 10.2 Å². The third kappa shape index (κ3) is 3.23. The predicted molar refractivity (Wildman–Crippen MR) is 59.4 cm³/mol. The lowest BCUT2D eigenvalue weighted by Crippen LogP contribution is -2.42. The molecule has 1 saturated heterocycles. The molecule has 0 amide bonds. The van der Waals surface area contributed by atoms with E-state index >= 15 is 0 Å². The molecule has 14 heavy (non-hydrogen) atoms. The van der Waals surface area contributed by atoms with Crippen molar-refractivity contribution in [3.05, 3.63) is 0 Å². The lowest BCUT2D eigenvalue weighted by Gasteiger charge is -2.27. The summed E-state index contributed by atoms with van der Waals surface area (Å²) in [6.45, 7) is 4.89. The zero-order valence-corrected chi connectivity index (χ0v) is 9.50. The molecule has 84 valence electrons. The van der Waals surface area contributed by atoms with Crippen LogP contribution in [0.25, 0.3) is 0 Å². The van der Waals surface area contributed by atoms with E-state index in [1.165, 1.54) is 25.8 Å². The second kappa shape index (κ2) is 6.38. The van der Waals surface area contributed by atoms with Gasteiger partial charge in [0.25, 0.3) is 0 Å². The van der Waals surface area contributed by atoms with E-state index in [9.17, 15) is 0 Å². The Bertz CT molecular complexity index is 152. The summed E-state index contributed by atoms with van der Waals surface area (Å²) in [5, 5.41) is 12.2. The number of likely N-dealkylation sites (tertiary alicyclic amines) is 1. The highest BCUT2D eigenvalue weighted by molar-refractivity contribution is 4.81. The number of nitrogens with one attached hydrogen (secondary N) is 1. The standard InChI is InChI=1S/C11H24N2O/c1-3-11-5-4-7-13(11)9-10(12-2)6-8-14/h10-12,14H,3-9H2,1-2H3.